The number of hydrogen-bond donors (Lipinski definition) is 2. The second kappa shape index (κ2) is 3.83. The van der Waals surface area contributed by atoms with E-state index in [0.29, 0.717) is 24.2 Å². The molecular formula is C12H12N4O2. The molecule has 18 heavy (non-hydrogen) atoms. The van der Waals surface area contributed by atoms with Crippen LogP contribution in [0.2, 0.25) is 0 Å². The van der Waals surface area contributed by atoms with Crippen LogP contribution in [0.5, 0.6) is 0 Å². The number of amides is 2. The van der Waals surface area contributed by atoms with E-state index in [1.807, 2.05) is 4.40 Å². The van der Waals surface area contributed by atoms with Crippen LogP contribution < -0.4 is 11.1 Å². The molecule has 1 fully saturated rings. The first-order chi connectivity index (χ1) is 8.65. The van der Waals surface area contributed by atoms with Gasteiger partial charge in [-0.3, -0.25) is 14.9 Å². The molecular weight excluding hydrogens is 232 g/mol. The zero-order valence-corrected chi connectivity index (χ0v) is 9.59. The number of nitrogens with one attached hydrogen (secondary N) is 1. The summed E-state index contributed by atoms with van der Waals surface area (Å²) in [6.45, 7) is 0. The second-order valence-corrected chi connectivity index (χ2v) is 4.37. The molecule has 2 amide bonds. The van der Waals surface area contributed by atoms with E-state index in [1.54, 1.807) is 24.5 Å². The van der Waals surface area contributed by atoms with Gasteiger partial charge in [0.05, 0.1) is 5.92 Å². The van der Waals surface area contributed by atoms with Crippen molar-refractivity contribution in [2.24, 2.45) is 0 Å². The van der Waals surface area contributed by atoms with Gasteiger partial charge in [-0.15, -0.1) is 0 Å². The van der Waals surface area contributed by atoms with Gasteiger partial charge in [-0.25, -0.2) is 4.98 Å². The van der Waals surface area contributed by atoms with Crippen LogP contribution in [0.15, 0.2) is 24.5 Å². The summed E-state index contributed by atoms with van der Waals surface area (Å²) in [7, 11) is 0. The molecule has 1 aliphatic rings. The Morgan fingerprint density at radius 1 is 1.39 bits per heavy atom. The number of carbonyl (C=O) groups is 2. The summed E-state index contributed by atoms with van der Waals surface area (Å²) in [5.74, 6) is -0.850. The zero-order valence-electron chi connectivity index (χ0n) is 9.59. The van der Waals surface area contributed by atoms with E-state index < -0.39 is 0 Å². The smallest absolute Gasteiger partial charge is 0.235 e. The van der Waals surface area contributed by atoms with Crippen LogP contribution >= 0.6 is 0 Å². The molecule has 2 aromatic heterocycles. The van der Waals surface area contributed by atoms with Gasteiger partial charge in [0.25, 0.3) is 0 Å². The largest absolute Gasteiger partial charge is 0.399 e. The Kier molecular flexibility index (Phi) is 2.29. The molecule has 0 bridgehead atoms. The number of nitrogens with two attached hydrogens (primary N) is 1. The number of aromatic nitrogens is 2. The van der Waals surface area contributed by atoms with E-state index in [1.165, 1.54) is 0 Å². The van der Waals surface area contributed by atoms with Gasteiger partial charge >= 0.3 is 0 Å². The lowest BCUT2D eigenvalue weighted by Gasteiger charge is -2.22. The Balaban J connectivity index is 2.11. The monoisotopic (exact) mass is 244 g/mol. The molecule has 0 spiro atoms. The first-order valence-electron chi connectivity index (χ1n) is 5.71. The highest BCUT2D eigenvalue weighted by Crippen LogP contribution is 2.27. The Morgan fingerprint density at radius 2 is 2.22 bits per heavy atom. The number of fused-ring (bicyclic) bond motifs is 1. The number of carbonyl (C=O) groups excluding carboxylic acids is 2. The SMILES string of the molecule is Nc1cc(C2CCC(=O)NC2=O)n2ccnc2c1. The number of nitrogen functional groups attached to an aromatic ring is 1. The molecule has 6 nitrogen and oxygen atoms in total. The minimum Gasteiger partial charge on any atom is -0.399 e. The molecule has 1 saturated heterocycles. The molecule has 0 radical (unpaired) electrons. The maximum absolute atomic E-state index is 11.9. The third-order valence-electron chi connectivity index (χ3n) is 3.15. The highest BCUT2D eigenvalue weighted by molar-refractivity contribution is 6.00. The van der Waals surface area contributed by atoms with Gasteiger partial charge in [0.15, 0.2) is 0 Å². The highest BCUT2D eigenvalue weighted by Gasteiger charge is 2.29. The number of rotatable bonds is 1. The summed E-state index contributed by atoms with van der Waals surface area (Å²) in [5, 5.41) is 2.35. The van der Waals surface area contributed by atoms with Gasteiger partial charge in [0.1, 0.15) is 5.65 Å². The Morgan fingerprint density at radius 3 is 3.00 bits per heavy atom. The third kappa shape index (κ3) is 1.62. The van der Waals surface area contributed by atoms with E-state index >= 15 is 0 Å². The quantitative estimate of drug-likeness (QED) is 0.712. The number of nitrogens with zero attached hydrogens (tertiary/aromatic N) is 2. The van der Waals surface area contributed by atoms with Crippen LogP contribution in [0.25, 0.3) is 5.65 Å². The number of piperidine rings is 1. The molecule has 1 atom stereocenters. The molecule has 2 aromatic rings. The predicted molar refractivity (Wildman–Crippen MR) is 64.7 cm³/mol. The summed E-state index contributed by atoms with van der Waals surface area (Å²) < 4.78 is 1.83. The summed E-state index contributed by atoms with van der Waals surface area (Å²) in [6, 6.07) is 3.50. The molecule has 0 saturated carbocycles. The predicted octanol–water partition coefficient (Wildman–Crippen LogP) is 0.437. The molecule has 3 rings (SSSR count). The Bertz CT molecular complexity index is 647. The zero-order chi connectivity index (χ0) is 12.7. The number of anilines is 1. The van der Waals surface area contributed by atoms with Crippen molar-refractivity contribution in [3.8, 4) is 0 Å². The van der Waals surface area contributed by atoms with Crippen LogP contribution in [-0.2, 0) is 9.59 Å². The molecule has 3 N–H and O–H groups in total. The van der Waals surface area contributed by atoms with Crippen molar-refractivity contribution in [3.63, 3.8) is 0 Å². The summed E-state index contributed by atoms with van der Waals surface area (Å²) >= 11 is 0. The van der Waals surface area contributed by atoms with Crippen LogP contribution in [0.4, 0.5) is 5.69 Å². The van der Waals surface area contributed by atoms with Crippen molar-refractivity contribution in [2.45, 2.75) is 18.8 Å². The van der Waals surface area contributed by atoms with Crippen molar-refractivity contribution in [2.75, 3.05) is 5.73 Å². The third-order valence-corrected chi connectivity index (χ3v) is 3.15. The topological polar surface area (TPSA) is 89.5 Å². The second-order valence-electron chi connectivity index (χ2n) is 4.37. The molecule has 92 valence electrons. The Labute approximate surface area is 103 Å². The lowest BCUT2D eigenvalue weighted by molar-refractivity contribution is -0.134. The van der Waals surface area contributed by atoms with Crippen LogP contribution in [0.3, 0.4) is 0 Å². The fourth-order valence-corrected chi connectivity index (χ4v) is 2.32. The first kappa shape index (κ1) is 10.8. The molecule has 1 unspecified atom stereocenters. The van der Waals surface area contributed by atoms with Crippen molar-refractivity contribution >= 4 is 23.1 Å². The number of pyridine rings is 1. The van der Waals surface area contributed by atoms with Gasteiger partial charge in [-0.1, -0.05) is 0 Å². The standard InChI is InChI=1S/C12H12N4O2/c13-7-5-9(16-4-3-14-10(16)6-7)8-1-2-11(17)15-12(8)18/h3-6,8H,1-2,13H2,(H,15,17,18). The van der Waals surface area contributed by atoms with Crippen molar-refractivity contribution in [1.82, 2.24) is 14.7 Å². The van der Waals surface area contributed by atoms with Gasteiger partial charge in [-0.2, -0.15) is 0 Å². The maximum atomic E-state index is 11.9. The van der Waals surface area contributed by atoms with E-state index in [2.05, 4.69) is 10.3 Å². The van der Waals surface area contributed by atoms with Crippen molar-refractivity contribution in [1.29, 1.82) is 0 Å². The van der Waals surface area contributed by atoms with E-state index in [0.717, 1.165) is 5.69 Å². The van der Waals surface area contributed by atoms with Crippen molar-refractivity contribution < 1.29 is 9.59 Å². The normalized spacial score (nSPS) is 20.1. The highest BCUT2D eigenvalue weighted by atomic mass is 16.2. The summed E-state index contributed by atoms with van der Waals surface area (Å²) in [5.41, 5.74) is 7.85. The molecule has 0 aliphatic carbocycles. The molecule has 6 heteroatoms. The average molecular weight is 244 g/mol. The molecule has 0 aromatic carbocycles. The fraction of sp³-hybridized carbons (Fsp3) is 0.250. The van der Waals surface area contributed by atoms with Gasteiger partial charge in [-0.05, 0) is 12.5 Å². The molecule has 1 aliphatic heterocycles. The lowest BCUT2D eigenvalue weighted by atomic mass is 9.94. The number of imidazole rings is 1. The number of imide groups is 1. The average Bonchev–Trinajstić information content (AvgIpc) is 2.76. The van der Waals surface area contributed by atoms with E-state index in [4.69, 9.17) is 5.73 Å². The minimum absolute atomic E-state index is 0.220. The van der Waals surface area contributed by atoms with Crippen LogP contribution in [0, 0.1) is 0 Å². The first-order valence-corrected chi connectivity index (χ1v) is 5.71. The van der Waals surface area contributed by atoms with Crippen LogP contribution in [0.1, 0.15) is 24.5 Å². The van der Waals surface area contributed by atoms with Crippen LogP contribution in [-0.4, -0.2) is 21.2 Å². The van der Waals surface area contributed by atoms with Gasteiger partial charge < -0.3 is 10.1 Å². The van der Waals surface area contributed by atoms with E-state index in [-0.39, 0.29) is 17.7 Å². The van der Waals surface area contributed by atoms with Gasteiger partial charge in [0, 0.05) is 36.3 Å². The van der Waals surface area contributed by atoms with Gasteiger partial charge in [0.2, 0.25) is 11.8 Å². The fourth-order valence-electron chi connectivity index (χ4n) is 2.32. The Hall–Kier alpha value is -2.37. The number of hydrogen-bond acceptors (Lipinski definition) is 4. The summed E-state index contributed by atoms with van der Waals surface area (Å²) in [6.07, 6.45) is 4.29. The minimum atomic E-state index is -0.358. The lowest BCUT2D eigenvalue weighted by Crippen LogP contribution is -2.40. The molecule has 3 heterocycles. The summed E-state index contributed by atoms with van der Waals surface area (Å²) in [4.78, 5) is 27.2. The van der Waals surface area contributed by atoms with Crippen molar-refractivity contribution in [3.05, 3.63) is 30.2 Å². The maximum Gasteiger partial charge on any atom is 0.235 e. The van der Waals surface area contributed by atoms with E-state index in [9.17, 15) is 9.59 Å².